The molecule has 3 aromatic rings. The highest BCUT2D eigenvalue weighted by Gasteiger charge is 2.14. The average Bonchev–Trinajstić information content (AvgIpc) is 3.09. The van der Waals surface area contributed by atoms with Gasteiger partial charge in [0.2, 0.25) is 5.82 Å². The molecule has 0 atom stereocenters. The zero-order chi connectivity index (χ0) is 16.9. The SMILES string of the molecule is COc1ccc(-c2noc(COC(=O)c3ccccc3Cl)n2)cc1. The molecular weight excluding hydrogens is 332 g/mol. The van der Waals surface area contributed by atoms with E-state index >= 15 is 0 Å². The van der Waals surface area contributed by atoms with Crippen LogP contribution in [0.4, 0.5) is 0 Å². The van der Waals surface area contributed by atoms with Crippen LogP contribution in [0, 0.1) is 0 Å². The Morgan fingerprint density at radius 1 is 1.17 bits per heavy atom. The van der Waals surface area contributed by atoms with Gasteiger partial charge in [0.15, 0.2) is 6.61 Å². The first-order valence-corrected chi connectivity index (χ1v) is 7.44. The minimum Gasteiger partial charge on any atom is -0.497 e. The molecule has 7 heteroatoms. The van der Waals surface area contributed by atoms with Gasteiger partial charge in [-0.2, -0.15) is 4.98 Å². The van der Waals surface area contributed by atoms with Crippen LogP contribution in [0.1, 0.15) is 16.2 Å². The summed E-state index contributed by atoms with van der Waals surface area (Å²) in [6.07, 6.45) is 0. The average molecular weight is 345 g/mol. The number of hydrogen-bond donors (Lipinski definition) is 0. The monoisotopic (exact) mass is 344 g/mol. The van der Waals surface area contributed by atoms with Crippen LogP contribution in [0.25, 0.3) is 11.4 Å². The minimum atomic E-state index is -0.551. The summed E-state index contributed by atoms with van der Waals surface area (Å²) in [4.78, 5) is 16.2. The first kappa shape index (κ1) is 16.0. The lowest BCUT2D eigenvalue weighted by Gasteiger charge is -2.03. The number of ether oxygens (including phenoxy) is 2. The summed E-state index contributed by atoms with van der Waals surface area (Å²) in [7, 11) is 1.59. The summed E-state index contributed by atoms with van der Waals surface area (Å²) in [5.41, 5.74) is 1.05. The highest BCUT2D eigenvalue weighted by molar-refractivity contribution is 6.33. The second kappa shape index (κ2) is 7.14. The van der Waals surface area contributed by atoms with Gasteiger partial charge in [0.25, 0.3) is 5.89 Å². The molecule has 0 N–H and O–H groups in total. The topological polar surface area (TPSA) is 74.5 Å². The summed E-state index contributed by atoms with van der Waals surface area (Å²) in [5.74, 6) is 0.781. The fourth-order valence-corrected chi connectivity index (χ4v) is 2.22. The molecule has 3 rings (SSSR count). The Balaban J connectivity index is 1.66. The fourth-order valence-electron chi connectivity index (χ4n) is 2.00. The van der Waals surface area contributed by atoms with Crippen molar-refractivity contribution < 1.29 is 18.8 Å². The number of hydrogen-bond acceptors (Lipinski definition) is 6. The maximum Gasteiger partial charge on any atom is 0.340 e. The number of aromatic nitrogens is 2. The van der Waals surface area contributed by atoms with Gasteiger partial charge in [-0.3, -0.25) is 0 Å². The fraction of sp³-hybridized carbons (Fsp3) is 0.118. The summed E-state index contributed by atoms with van der Waals surface area (Å²) >= 11 is 5.95. The molecule has 0 amide bonds. The van der Waals surface area contributed by atoms with E-state index in [9.17, 15) is 4.79 Å². The van der Waals surface area contributed by atoms with Gasteiger partial charge in [-0.1, -0.05) is 28.9 Å². The zero-order valence-corrected chi connectivity index (χ0v) is 13.5. The molecule has 0 aliphatic carbocycles. The Morgan fingerprint density at radius 3 is 2.62 bits per heavy atom. The third-order valence-electron chi connectivity index (χ3n) is 3.24. The number of carbonyl (C=O) groups is 1. The van der Waals surface area contributed by atoms with Gasteiger partial charge in [-0.05, 0) is 36.4 Å². The predicted molar refractivity (Wildman–Crippen MR) is 86.9 cm³/mol. The van der Waals surface area contributed by atoms with E-state index in [1.54, 1.807) is 43.5 Å². The molecule has 24 heavy (non-hydrogen) atoms. The van der Waals surface area contributed by atoms with Crippen LogP contribution in [0.3, 0.4) is 0 Å². The van der Waals surface area contributed by atoms with E-state index in [0.717, 1.165) is 11.3 Å². The van der Waals surface area contributed by atoms with Crippen LogP contribution < -0.4 is 4.74 Å². The van der Waals surface area contributed by atoms with Crippen LogP contribution >= 0.6 is 11.6 Å². The second-order valence-electron chi connectivity index (χ2n) is 4.80. The molecule has 0 fully saturated rings. The zero-order valence-electron chi connectivity index (χ0n) is 12.7. The molecule has 0 aliphatic heterocycles. The number of halogens is 1. The van der Waals surface area contributed by atoms with Crippen molar-refractivity contribution in [3.05, 3.63) is 65.0 Å². The number of rotatable bonds is 5. The van der Waals surface area contributed by atoms with E-state index < -0.39 is 5.97 Å². The molecule has 6 nitrogen and oxygen atoms in total. The van der Waals surface area contributed by atoms with Gasteiger partial charge >= 0.3 is 5.97 Å². The van der Waals surface area contributed by atoms with Gasteiger partial charge in [0.1, 0.15) is 5.75 Å². The highest BCUT2D eigenvalue weighted by Crippen LogP contribution is 2.20. The van der Waals surface area contributed by atoms with E-state index in [-0.39, 0.29) is 18.1 Å². The number of esters is 1. The number of carbonyl (C=O) groups excluding carboxylic acids is 1. The van der Waals surface area contributed by atoms with E-state index in [1.165, 1.54) is 0 Å². The molecule has 2 aromatic carbocycles. The Bertz CT molecular complexity index is 846. The van der Waals surface area contributed by atoms with Crippen molar-refractivity contribution in [1.29, 1.82) is 0 Å². The van der Waals surface area contributed by atoms with E-state index in [0.29, 0.717) is 10.8 Å². The lowest BCUT2D eigenvalue weighted by molar-refractivity contribution is 0.0430. The van der Waals surface area contributed by atoms with Gasteiger partial charge in [0.05, 0.1) is 17.7 Å². The molecule has 0 saturated heterocycles. The number of methoxy groups -OCH3 is 1. The van der Waals surface area contributed by atoms with Crippen LogP contribution in [-0.2, 0) is 11.3 Å². The lowest BCUT2D eigenvalue weighted by atomic mass is 10.2. The van der Waals surface area contributed by atoms with Crippen molar-refractivity contribution in [2.45, 2.75) is 6.61 Å². The lowest BCUT2D eigenvalue weighted by Crippen LogP contribution is -2.06. The largest absolute Gasteiger partial charge is 0.497 e. The van der Waals surface area contributed by atoms with Crippen LogP contribution in [0.2, 0.25) is 5.02 Å². The maximum atomic E-state index is 12.0. The molecule has 0 saturated carbocycles. The quantitative estimate of drug-likeness (QED) is 0.656. The molecule has 0 aliphatic rings. The first-order valence-electron chi connectivity index (χ1n) is 7.06. The smallest absolute Gasteiger partial charge is 0.340 e. The van der Waals surface area contributed by atoms with Crippen molar-refractivity contribution in [3.63, 3.8) is 0 Å². The summed E-state index contributed by atoms with van der Waals surface area (Å²) in [6, 6.07) is 13.8. The number of nitrogens with zero attached hydrogens (tertiary/aromatic N) is 2. The van der Waals surface area contributed by atoms with Crippen LogP contribution in [-0.4, -0.2) is 23.2 Å². The molecular formula is C17H13ClN2O4. The third-order valence-corrected chi connectivity index (χ3v) is 3.57. The molecule has 0 radical (unpaired) electrons. The summed E-state index contributed by atoms with van der Waals surface area (Å²) in [5, 5.41) is 4.19. The Labute approximate surface area is 143 Å². The van der Waals surface area contributed by atoms with Crippen molar-refractivity contribution in [2.24, 2.45) is 0 Å². The molecule has 0 spiro atoms. The maximum absolute atomic E-state index is 12.0. The van der Waals surface area contributed by atoms with Crippen molar-refractivity contribution in [3.8, 4) is 17.1 Å². The molecule has 0 unspecified atom stereocenters. The van der Waals surface area contributed by atoms with Gasteiger partial charge < -0.3 is 14.0 Å². The third kappa shape index (κ3) is 3.55. The molecule has 1 heterocycles. The van der Waals surface area contributed by atoms with Gasteiger partial charge in [0, 0.05) is 5.56 Å². The molecule has 1 aromatic heterocycles. The standard InChI is InChI=1S/C17H13ClN2O4/c1-22-12-8-6-11(7-9-12)16-19-15(24-20-16)10-23-17(21)13-4-2-3-5-14(13)18/h2-9H,10H2,1H3. The van der Waals surface area contributed by atoms with Crippen molar-refractivity contribution in [2.75, 3.05) is 7.11 Å². The first-order chi connectivity index (χ1) is 11.7. The van der Waals surface area contributed by atoms with E-state index in [4.69, 9.17) is 25.6 Å². The predicted octanol–water partition coefficient (Wildman–Crippen LogP) is 3.76. The number of benzene rings is 2. The Morgan fingerprint density at radius 2 is 1.92 bits per heavy atom. The second-order valence-corrected chi connectivity index (χ2v) is 5.20. The molecule has 122 valence electrons. The van der Waals surface area contributed by atoms with E-state index in [1.807, 2.05) is 12.1 Å². The molecule has 0 bridgehead atoms. The highest BCUT2D eigenvalue weighted by atomic mass is 35.5. The van der Waals surface area contributed by atoms with E-state index in [2.05, 4.69) is 10.1 Å². The summed E-state index contributed by atoms with van der Waals surface area (Å²) < 4.78 is 15.3. The summed E-state index contributed by atoms with van der Waals surface area (Å²) in [6.45, 7) is -0.132. The normalized spacial score (nSPS) is 10.4. The van der Waals surface area contributed by atoms with Gasteiger partial charge in [-0.15, -0.1) is 0 Å². The minimum absolute atomic E-state index is 0.132. The van der Waals surface area contributed by atoms with Gasteiger partial charge in [-0.25, -0.2) is 4.79 Å². The Kier molecular flexibility index (Phi) is 4.77. The Hall–Kier alpha value is -2.86. The van der Waals surface area contributed by atoms with Crippen molar-refractivity contribution >= 4 is 17.6 Å². The van der Waals surface area contributed by atoms with Crippen LogP contribution in [0.15, 0.2) is 53.1 Å². The van der Waals surface area contributed by atoms with Crippen molar-refractivity contribution in [1.82, 2.24) is 10.1 Å². The van der Waals surface area contributed by atoms with Crippen LogP contribution in [0.5, 0.6) is 5.75 Å².